The zero-order valence-electron chi connectivity index (χ0n) is 12.2. The van der Waals surface area contributed by atoms with Crippen LogP contribution in [0.4, 0.5) is 5.69 Å². The lowest BCUT2D eigenvalue weighted by Gasteiger charge is -2.40. The summed E-state index contributed by atoms with van der Waals surface area (Å²) in [6.07, 6.45) is -6.34. The number of hydrogen-bond acceptors (Lipinski definition) is 7. The topological polar surface area (TPSA) is 122 Å². The van der Waals surface area contributed by atoms with Gasteiger partial charge in [-0.1, -0.05) is 6.58 Å². The number of rotatable bonds is 4. The first kappa shape index (κ1) is 16.7. The lowest BCUT2D eigenvalue weighted by molar-refractivity contribution is -0.221. The molecule has 1 heterocycles. The molecule has 1 fully saturated rings. The zero-order chi connectivity index (χ0) is 16.4. The quantitative estimate of drug-likeness (QED) is 0.449. The van der Waals surface area contributed by atoms with Crippen LogP contribution >= 0.6 is 0 Å². The fourth-order valence-electron chi connectivity index (χ4n) is 2.40. The van der Waals surface area contributed by atoms with E-state index in [0.717, 1.165) is 5.57 Å². The number of phenols is 1. The van der Waals surface area contributed by atoms with Crippen molar-refractivity contribution >= 4 is 11.3 Å². The van der Waals surface area contributed by atoms with Crippen LogP contribution in [0.3, 0.4) is 0 Å². The van der Waals surface area contributed by atoms with Gasteiger partial charge < -0.3 is 35.6 Å². The molecule has 1 aliphatic heterocycles. The molecule has 1 aromatic rings. The van der Waals surface area contributed by atoms with Gasteiger partial charge in [0.25, 0.3) is 0 Å². The molecule has 0 saturated carbocycles. The highest BCUT2D eigenvalue weighted by atomic mass is 16.6. The normalized spacial score (nSPS) is 31.8. The van der Waals surface area contributed by atoms with Crippen molar-refractivity contribution < 1.29 is 30.3 Å². The Morgan fingerprint density at radius 2 is 1.91 bits per heavy atom. The van der Waals surface area contributed by atoms with Crippen LogP contribution < -0.4 is 5.32 Å². The highest BCUT2D eigenvalue weighted by Gasteiger charge is 2.43. The van der Waals surface area contributed by atoms with Gasteiger partial charge >= 0.3 is 0 Å². The van der Waals surface area contributed by atoms with Crippen LogP contribution in [0.2, 0.25) is 0 Å². The maximum absolute atomic E-state index is 10.0. The standard InChI is InChI=1S/C15H21NO6/c1-7(2)9-4-3-8(18)5-10(9)16-15-14(21)13(20)12(19)11(6-17)22-15/h3-5,11-21H,1,6H2,2H3. The number of hydrogen-bond donors (Lipinski definition) is 6. The molecule has 7 heteroatoms. The number of ether oxygens (including phenoxy) is 1. The minimum atomic E-state index is -1.46. The molecule has 5 atom stereocenters. The Bertz CT molecular complexity index is 547. The molecule has 1 aliphatic rings. The molecule has 0 bridgehead atoms. The van der Waals surface area contributed by atoms with Crippen molar-refractivity contribution in [2.24, 2.45) is 0 Å². The summed E-state index contributed by atoms with van der Waals surface area (Å²) in [5.74, 6) is 0.0112. The summed E-state index contributed by atoms with van der Waals surface area (Å²) in [6, 6.07) is 4.60. The van der Waals surface area contributed by atoms with Gasteiger partial charge in [-0.2, -0.15) is 0 Å². The molecular formula is C15H21NO6. The van der Waals surface area contributed by atoms with Crippen LogP contribution in [0.15, 0.2) is 24.8 Å². The average Bonchev–Trinajstić information content (AvgIpc) is 2.47. The second-order valence-corrected chi connectivity index (χ2v) is 5.40. The fourth-order valence-corrected chi connectivity index (χ4v) is 2.40. The Balaban J connectivity index is 2.26. The van der Waals surface area contributed by atoms with Gasteiger partial charge in [-0.05, 0) is 24.6 Å². The molecular weight excluding hydrogens is 290 g/mol. The summed E-state index contributed by atoms with van der Waals surface area (Å²) >= 11 is 0. The lowest BCUT2D eigenvalue weighted by Crippen LogP contribution is -2.60. The van der Waals surface area contributed by atoms with E-state index in [9.17, 15) is 25.5 Å². The summed E-state index contributed by atoms with van der Waals surface area (Å²) < 4.78 is 5.38. The van der Waals surface area contributed by atoms with Crippen LogP contribution in [0.25, 0.3) is 5.57 Å². The minimum Gasteiger partial charge on any atom is -0.508 e. The van der Waals surface area contributed by atoms with Gasteiger partial charge in [-0.3, -0.25) is 0 Å². The number of anilines is 1. The molecule has 22 heavy (non-hydrogen) atoms. The van der Waals surface area contributed by atoms with E-state index in [1.807, 2.05) is 0 Å². The van der Waals surface area contributed by atoms with Crippen molar-refractivity contribution in [2.45, 2.75) is 37.6 Å². The Hall–Kier alpha value is -1.64. The van der Waals surface area contributed by atoms with Gasteiger partial charge in [0.2, 0.25) is 0 Å². The number of nitrogens with one attached hydrogen (secondary N) is 1. The van der Waals surface area contributed by atoms with Crippen molar-refractivity contribution in [3.05, 3.63) is 30.3 Å². The summed E-state index contributed by atoms with van der Waals surface area (Å²) in [7, 11) is 0. The molecule has 0 radical (unpaired) electrons. The highest BCUT2D eigenvalue weighted by Crippen LogP contribution is 2.30. The number of aromatic hydroxyl groups is 1. The predicted molar refractivity (Wildman–Crippen MR) is 80.2 cm³/mol. The maximum atomic E-state index is 10.0. The molecule has 7 nitrogen and oxygen atoms in total. The lowest BCUT2D eigenvalue weighted by atomic mass is 9.98. The van der Waals surface area contributed by atoms with Crippen molar-refractivity contribution in [2.75, 3.05) is 11.9 Å². The largest absolute Gasteiger partial charge is 0.508 e. The number of aliphatic hydroxyl groups is 4. The van der Waals surface area contributed by atoms with Gasteiger partial charge in [0.1, 0.15) is 30.2 Å². The maximum Gasteiger partial charge on any atom is 0.157 e. The molecule has 5 unspecified atom stereocenters. The van der Waals surface area contributed by atoms with E-state index in [-0.39, 0.29) is 5.75 Å². The summed E-state index contributed by atoms with van der Waals surface area (Å²) in [4.78, 5) is 0. The number of phenolic OH excluding ortho intramolecular Hbond substituents is 1. The molecule has 0 amide bonds. The number of allylic oxidation sites excluding steroid dienone is 1. The minimum absolute atomic E-state index is 0.0112. The Morgan fingerprint density at radius 1 is 1.23 bits per heavy atom. The molecule has 0 spiro atoms. The average molecular weight is 311 g/mol. The van der Waals surface area contributed by atoms with E-state index in [0.29, 0.717) is 11.3 Å². The summed E-state index contributed by atoms with van der Waals surface area (Å²) in [5.41, 5.74) is 1.89. The van der Waals surface area contributed by atoms with Gasteiger partial charge in [0, 0.05) is 17.3 Å². The van der Waals surface area contributed by atoms with Crippen LogP contribution in [0.5, 0.6) is 5.75 Å². The van der Waals surface area contributed by atoms with Crippen LogP contribution in [0.1, 0.15) is 12.5 Å². The number of aliphatic hydroxyl groups excluding tert-OH is 4. The Morgan fingerprint density at radius 3 is 2.50 bits per heavy atom. The second kappa shape index (κ2) is 6.64. The predicted octanol–water partition coefficient (Wildman–Crippen LogP) is -0.363. The van der Waals surface area contributed by atoms with Crippen LogP contribution in [-0.2, 0) is 4.74 Å². The van der Waals surface area contributed by atoms with Crippen molar-refractivity contribution in [1.82, 2.24) is 0 Å². The zero-order valence-corrected chi connectivity index (χ0v) is 12.2. The van der Waals surface area contributed by atoms with Crippen molar-refractivity contribution in [3.63, 3.8) is 0 Å². The first-order chi connectivity index (χ1) is 10.3. The van der Waals surface area contributed by atoms with Gasteiger partial charge in [0.05, 0.1) is 6.61 Å². The van der Waals surface area contributed by atoms with Gasteiger partial charge in [-0.25, -0.2) is 0 Å². The monoisotopic (exact) mass is 311 g/mol. The summed E-state index contributed by atoms with van der Waals surface area (Å²) in [6.45, 7) is 5.11. The Labute approximate surface area is 128 Å². The molecule has 6 N–H and O–H groups in total. The van der Waals surface area contributed by atoms with Crippen LogP contribution in [-0.4, -0.2) is 62.8 Å². The Kier molecular flexibility index (Phi) is 5.05. The molecule has 1 saturated heterocycles. The molecule has 0 aromatic heterocycles. The summed E-state index contributed by atoms with van der Waals surface area (Å²) in [5, 5.41) is 51.2. The van der Waals surface area contributed by atoms with Gasteiger partial charge in [0.15, 0.2) is 6.23 Å². The first-order valence-electron chi connectivity index (χ1n) is 6.91. The van der Waals surface area contributed by atoms with E-state index < -0.39 is 37.3 Å². The first-order valence-corrected chi connectivity index (χ1v) is 6.91. The van der Waals surface area contributed by atoms with Crippen molar-refractivity contribution in [1.29, 1.82) is 0 Å². The van der Waals surface area contributed by atoms with E-state index in [4.69, 9.17) is 4.74 Å². The van der Waals surface area contributed by atoms with Gasteiger partial charge in [-0.15, -0.1) is 0 Å². The third-order valence-electron chi connectivity index (χ3n) is 3.65. The molecule has 2 rings (SSSR count). The highest BCUT2D eigenvalue weighted by molar-refractivity contribution is 5.75. The second-order valence-electron chi connectivity index (χ2n) is 5.40. The number of benzene rings is 1. The third kappa shape index (κ3) is 3.23. The molecule has 122 valence electrons. The smallest absolute Gasteiger partial charge is 0.157 e. The van der Waals surface area contributed by atoms with E-state index in [2.05, 4.69) is 11.9 Å². The van der Waals surface area contributed by atoms with Crippen molar-refractivity contribution in [3.8, 4) is 5.75 Å². The van der Waals surface area contributed by atoms with E-state index in [1.165, 1.54) is 12.1 Å². The van der Waals surface area contributed by atoms with E-state index >= 15 is 0 Å². The SMILES string of the molecule is C=C(C)c1ccc(O)cc1NC1OC(CO)C(O)C(O)C1O. The van der Waals surface area contributed by atoms with E-state index in [1.54, 1.807) is 13.0 Å². The molecule has 1 aromatic carbocycles. The fraction of sp³-hybridized carbons (Fsp3) is 0.467. The van der Waals surface area contributed by atoms with Crippen LogP contribution in [0, 0.1) is 0 Å². The molecule has 0 aliphatic carbocycles. The third-order valence-corrected chi connectivity index (χ3v) is 3.65.